The summed E-state index contributed by atoms with van der Waals surface area (Å²) in [6.45, 7) is 2.36. The maximum absolute atomic E-state index is 12.7. The minimum Gasteiger partial charge on any atom is -0.493 e. The average molecular weight is 400 g/mol. The van der Waals surface area contributed by atoms with Crippen molar-refractivity contribution in [3.8, 4) is 28.7 Å². The zero-order valence-corrected chi connectivity index (χ0v) is 16.9. The highest BCUT2D eigenvalue weighted by molar-refractivity contribution is 5.81. The van der Waals surface area contributed by atoms with E-state index in [1.54, 1.807) is 21.3 Å². The van der Waals surface area contributed by atoms with Crippen molar-refractivity contribution in [2.45, 2.75) is 18.8 Å². The smallest absolute Gasteiger partial charge is 0.310 e. The van der Waals surface area contributed by atoms with Crippen LogP contribution in [-0.2, 0) is 9.53 Å². The van der Waals surface area contributed by atoms with E-state index in [2.05, 4.69) is 0 Å². The van der Waals surface area contributed by atoms with Gasteiger partial charge in [-0.2, -0.15) is 0 Å². The molecule has 0 aromatic heterocycles. The third-order valence-corrected chi connectivity index (χ3v) is 5.43. The highest BCUT2D eigenvalue weighted by Gasteiger charge is 2.57. The van der Waals surface area contributed by atoms with E-state index in [1.165, 1.54) is 0 Å². The number of benzene rings is 2. The lowest BCUT2D eigenvalue weighted by Gasteiger charge is -2.14. The van der Waals surface area contributed by atoms with E-state index in [9.17, 15) is 4.79 Å². The van der Waals surface area contributed by atoms with Gasteiger partial charge < -0.3 is 28.4 Å². The van der Waals surface area contributed by atoms with Gasteiger partial charge >= 0.3 is 5.97 Å². The first-order valence-electron chi connectivity index (χ1n) is 9.49. The highest BCUT2D eigenvalue weighted by Crippen LogP contribution is 2.63. The van der Waals surface area contributed by atoms with Crippen molar-refractivity contribution >= 4 is 5.97 Å². The molecule has 1 saturated carbocycles. The van der Waals surface area contributed by atoms with Crippen LogP contribution in [0.3, 0.4) is 0 Å². The number of carbonyl (C=O) groups is 1. The SMILES string of the molecule is CCOC(=O)[C@H]1[C@H](c2ccc3c(c2)OCO3)[C@H]1c1cc(OC)c(OC)c(OC)c1. The standard InChI is InChI=1S/C22H24O7/c1-5-27-22(23)20-18(12-6-7-14-15(8-12)29-11-28-14)19(20)13-9-16(24-2)21(26-4)17(10-13)25-3/h6-10,18-20H,5,11H2,1-4H3/t18-,19-,20+/m1/s1. The van der Waals surface area contributed by atoms with E-state index in [1.807, 2.05) is 37.3 Å². The predicted octanol–water partition coefficient (Wildman–Crippen LogP) is 3.50. The van der Waals surface area contributed by atoms with Crippen LogP contribution in [-0.4, -0.2) is 40.7 Å². The molecule has 1 heterocycles. The lowest BCUT2D eigenvalue weighted by atomic mass is 10.0. The van der Waals surface area contributed by atoms with Crippen molar-refractivity contribution in [2.24, 2.45) is 5.92 Å². The van der Waals surface area contributed by atoms with Crippen molar-refractivity contribution in [2.75, 3.05) is 34.7 Å². The molecule has 2 aromatic rings. The van der Waals surface area contributed by atoms with Crippen LogP contribution in [0.2, 0.25) is 0 Å². The number of rotatable bonds is 7. The van der Waals surface area contributed by atoms with Crippen molar-refractivity contribution in [1.82, 2.24) is 0 Å². The van der Waals surface area contributed by atoms with E-state index in [0.717, 1.165) is 11.1 Å². The summed E-state index contributed by atoms with van der Waals surface area (Å²) in [5, 5.41) is 0. The Morgan fingerprint density at radius 3 is 2.21 bits per heavy atom. The minimum atomic E-state index is -0.293. The van der Waals surface area contributed by atoms with Crippen LogP contribution in [0.15, 0.2) is 30.3 Å². The van der Waals surface area contributed by atoms with E-state index >= 15 is 0 Å². The summed E-state index contributed by atoms with van der Waals surface area (Å²) in [6.07, 6.45) is 0. The summed E-state index contributed by atoms with van der Waals surface area (Å²) in [7, 11) is 4.71. The monoisotopic (exact) mass is 400 g/mol. The fourth-order valence-electron chi connectivity index (χ4n) is 4.09. The molecule has 0 bridgehead atoms. The Labute approximate surface area is 169 Å². The third kappa shape index (κ3) is 3.30. The molecule has 1 fully saturated rings. The second kappa shape index (κ2) is 7.73. The van der Waals surface area contributed by atoms with Crippen molar-refractivity contribution in [3.63, 3.8) is 0 Å². The van der Waals surface area contributed by atoms with Crippen molar-refractivity contribution in [3.05, 3.63) is 41.5 Å². The summed E-state index contributed by atoms with van der Waals surface area (Å²) in [4.78, 5) is 12.7. The fraction of sp³-hybridized carbons (Fsp3) is 0.409. The van der Waals surface area contributed by atoms with Gasteiger partial charge in [-0.1, -0.05) is 6.07 Å². The van der Waals surface area contributed by atoms with Gasteiger partial charge in [0.1, 0.15) is 0 Å². The second-order valence-corrected chi connectivity index (χ2v) is 6.90. The van der Waals surface area contributed by atoms with Gasteiger partial charge in [-0.15, -0.1) is 0 Å². The molecular weight excluding hydrogens is 376 g/mol. The van der Waals surface area contributed by atoms with Gasteiger partial charge in [0, 0.05) is 11.8 Å². The molecule has 3 atom stereocenters. The lowest BCUT2D eigenvalue weighted by molar-refractivity contribution is -0.144. The quantitative estimate of drug-likeness (QED) is 0.659. The Kier molecular flexibility index (Phi) is 5.13. The highest BCUT2D eigenvalue weighted by atomic mass is 16.7. The van der Waals surface area contributed by atoms with E-state index in [-0.39, 0.29) is 30.5 Å². The molecule has 29 heavy (non-hydrogen) atoms. The van der Waals surface area contributed by atoms with Crippen LogP contribution in [0.1, 0.15) is 29.9 Å². The van der Waals surface area contributed by atoms with Gasteiger partial charge in [-0.05, 0) is 42.3 Å². The molecule has 4 rings (SSSR count). The van der Waals surface area contributed by atoms with E-state index in [0.29, 0.717) is 35.4 Å². The topological polar surface area (TPSA) is 72.5 Å². The summed E-state index contributed by atoms with van der Waals surface area (Å²) in [5.74, 6) is 2.43. The Hall–Kier alpha value is -3.09. The molecule has 1 aliphatic carbocycles. The second-order valence-electron chi connectivity index (χ2n) is 6.90. The number of hydrogen-bond donors (Lipinski definition) is 0. The fourth-order valence-corrected chi connectivity index (χ4v) is 4.09. The Morgan fingerprint density at radius 1 is 0.931 bits per heavy atom. The molecule has 1 aliphatic heterocycles. The first-order valence-corrected chi connectivity index (χ1v) is 9.49. The van der Waals surface area contributed by atoms with E-state index < -0.39 is 0 Å². The summed E-state index contributed by atoms with van der Waals surface area (Å²) >= 11 is 0. The Bertz CT molecular complexity index is 898. The molecule has 0 N–H and O–H groups in total. The predicted molar refractivity (Wildman–Crippen MR) is 104 cm³/mol. The third-order valence-electron chi connectivity index (χ3n) is 5.43. The molecule has 7 heteroatoms. The normalized spacial score (nSPS) is 21.4. The summed E-state index contributed by atoms with van der Waals surface area (Å²) < 4.78 is 32.6. The zero-order valence-electron chi connectivity index (χ0n) is 16.9. The van der Waals surface area contributed by atoms with Crippen molar-refractivity contribution < 1.29 is 33.2 Å². The molecule has 154 valence electrons. The molecule has 2 aliphatic rings. The van der Waals surface area contributed by atoms with Crippen LogP contribution in [0.4, 0.5) is 0 Å². The largest absolute Gasteiger partial charge is 0.493 e. The lowest BCUT2D eigenvalue weighted by Crippen LogP contribution is -2.08. The number of carbonyl (C=O) groups excluding carboxylic acids is 1. The molecule has 2 aromatic carbocycles. The Morgan fingerprint density at radius 2 is 1.59 bits per heavy atom. The number of esters is 1. The van der Waals surface area contributed by atoms with Gasteiger partial charge in [0.15, 0.2) is 23.0 Å². The van der Waals surface area contributed by atoms with Crippen LogP contribution in [0.25, 0.3) is 0 Å². The first-order chi connectivity index (χ1) is 14.1. The number of methoxy groups -OCH3 is 3. The number of fused-ring (bicyclic) bond motifs is 1. The van der Waals surface area contributed by atoms with Gasteiger partial charge in [-0.25, -0.2) is 0 Å². The maximum Gasteiger partial charge on any atom is 0.310 e. The molecule has 0 amide bonds. The molecule has 0 spiro atoms. The summed E-state index contributed by atoms with van der Waals surface area (Å²) in [5.41, 5.74) is 1.94. The number of hydrogen-bond acceptors (Lipinski definition) is 7. The average Bonchev–Trinajstić information content (AvgIpc) is 3.32. The van der Waals surface area contributed by atoms with Gasteiger partial charge in [-0.3, -0.25) is 4.79 Å². The van der Waals surface area contributed by atoms with Gasteiger partial charge in [0.25, 0.3) is 0 Å². The summed E-state index contributed by atoms with van der Waals surface area (Å²) in [6, 6.07) is 9.58. The zero-order chi connectivity index (χ0) is 20.5. The molecule has 0 radical (unpaired) electrons. The van der Waals surface area contributed by atoms with Crippen LogP contribution in [0.5, 0.6) is 28.7 Å². The van der Waals surface area contributed by atoms with Crippen LogP contribution < -0.4 is 23.7 Å². The van der Waals surface area contributed by atoms with Gasteiger partial charge in [0.05, 0.1) is 33.9 Å². The molecule has 0 saturated heterocycles. The van der Waals surface area contributed by atoms with Gasteiger partial charge in [0.2, 0.25) is 12.5 Å². The molecule has 7 nitrogen and oxygen atoms in total. The van der Waals surface area contributed by atoms with Crippen LogP contribution in [0, 0.1) is 5.92 Å². The molecule has 0 unspecified atom stereocenters. The molecular formula is C22H24O7. The Balaban J connectivity index is 1.73. The minimum absolute atomic E-state index is 0.0358. The number of ether oxygens (including phenoxy) is 6. The van der Waals surface area contributed by atoms with E-state index in [4.69, 9.17) is 28.4 Å². The van der Waals surface area contributed by atoms with Crippen LogP contribution >= 0.6 is 0 Å². The first kappa shape index (κ1) is 19.2. The van der Waals surface area contributed by atoms with Crippen molar-refractivity contribution in [1.29, 1.82) is 0 Å². The maximum atomic E-state index is 12.7.